The summed E-state index contributed by atoms with van der Waals surface area (Å²) in [6.07, 6.45) is 3.09. The predicted molar refractivity (Wildman–Crippen MR) is 50.6 cm³/mol. The molecule has 0 aromatic carbocycles. The molecule has 1 aromatic rings. The van der Waals surface area contributed by atoms with Gasteiger partial charge in [-0.1, -0.05) is 0 Å². The summed E-state index contributed by atoms with van der Waals surface area (Å²) in [7, 11) is 0. The van der Waals surface area contributed by atoms with Crippen LogP contribution in [0.2, 0.25) is 0 Å². The molecule has 1 aliphatic rings. The molecule has 0 unspecified atom stereocenters. The van der Waals surface area contributed by atoms with Crippen molar-refractivity contribution in [3.8, 4) is 0 Å². The SMILES string of the molecule is O=CCC1CN(c2ccc(F)nc2)C1. The Bertz CT molecular complexity index is 319. The van der Waals surface area contributed by atoms with E-state index < -0.39 is 5.95 Å². The Morgan fingerprint density at radius 3 is 2.93 bits per heavy atom. The third-order valence-corrected chi connectivity index (χ3v) is 2.46. The number of aromatic nitrogens is 1. The van der Waals surface area contributed by atoms with E-state index in [0.717, 1.165) is 25.1 Å². The van der Waals surface area contributed by atoms with E-state index in [1.165, 1.54) is 12.3 Å². The predicted octanol–water partition coefficient (Wildman–Crippen LogP) is 1.25. The fourth-order valence-corrected chi connectivity index (χ4v) is 1.62. The number of carbonyl (C=O) groups excluding carboxylic acids is 1. The highest BCUT2D eigenvalue weighted by Gasteiger charge is 2.26. The third-order valence-electron chi connectivity index (χ3n) is 2.46. The molecule has 0 radical (unpaired) electrons. The smallest absolute Gasteiger partial charge is 0.212 e. The van der Waals surface area contributed by atoms with Crippen LogP contribution in [0.15, 0.2) is 18.3 Å². The number of hydrogen-bond donors (Lipinski definition) is 0. The molecule has 0 amide bonds. The number of rotatable bonds is 3. The van der Waals surface area contributed by atoms with Gasteiger partial charge in [-0.2, -0.15) is 4.39 Å². The summed E-state index contributed by atoms with van der Waals surface area (Å²) in [5.74, 6) is -0.00346. The van der Waals surface area contributed by atoms with Gasteiger partial charge in [0.15, 0.2) is 0 Å². The number of aldehydes is 1. The van der Waals surface area contributed by atoms with E-state index in [1.807, 2.05) is 0 Å². The van der Waals surface area contributed by atoms with Crippen LogP contribution in [-0.2, 0) is 4.79 Å². The zero-order chi connectivity index (χ0) is 9.97. The highest BCUT2D eigenvalue weighted by atomic mass is 19.1. The van der Waals surface area contributed by atoms with Crippen molar-refractivity contribution in [2.45, 2.75) is 6.42 Å². The molecule has 1 saturated heterocycles. The first-order valence-corrected chi connectivity index (χ1v) is 4.59. The molecule has 1 aliphatic heterocycles. The van der Waals surface area contributed by atoms with Gasteiger partial charge in [-0.25, -0.2) is 4.98 Å². The Morgan fingerprint density at radius 1 is 1.57 bits per heavy atom. The van der Waals surface area contributed by atoms with Crippen LogP contribution >= 0.6 is 0 Å². The fourth-order valence-electron chi connectivity index (χ4n) is 1.62. The van der Waals surface area contributed by atoms with Crippen molar-refractivity contribution in [1.82, 2.24) is 4.98 Å². The second-order valence-corrected chi connectivity index (χ2v) is 3.51. The number of pyridine rings is 1. The maximum Gasteiger partial charge on any atom is 0.212 e. The molecule has 0 atom stereocenters. The van der Waals surface area contributed by atoms with Crippen LogP contribution in [0, 0.1) is 11.9 Å². The Morgan fingerprint density at radius 2 is 2.36 bits per heavy atom. The Labute approximate surface area is 81.6 Å². The molecule has 0 bridgehead atoms. The number of halogens is 1. The first-order chi connectivity index (χ1) is 6.79. The van der Waals surface area contributed by atoms with Crippen molar-refractivity contribution in [3.63, 3.8) is 0 Å². The summed E-state index contributed by atoms with van der Waals surface area (Å²) in [5.41, 5.74) is 0.925. The Hall–Kier alpha value is -1.45. The van der Waals surface area contributed by atoms with E-state index in [0.29, 0.717) is 12.3 Å². The van der Waals surface area contributed by atoms with Crippen LogP contribution in [0.3, 0.4) is 0 Å². The summed E-state index contributed by atoms with van der Waals surface area (Å²) in [6.45, 7) is 1.73. The highest BCUT2D eigenvalue weighted by Crippen LogP contribution is 2.24. The maximum atomic E-state index is 12.5. The average Bonchev–Trinajstić information content (AvgIpc) is 2.13. The molecular formula is C10H11FN2O. The quantitative estimate of drug-likeness (QED) is 0.536. The van der Waals surface area contributed by atoms with E-state index in [2.05, 4.69) is 9.88 Å². The standard InChI is InChI=1S/C10H11FN2O/c11-10-2-1-9(5-12-10)13-6-8(7-13)3-4-14/h1-2,4-5,8H,3,6-7H2. The van der Waals surface area contributed by atoms with Crippen LogP contribution in [0.4, 0.5) is 10.1 Å². The summed E-state index contributed by atoms with van der Waals surface area (Å²) >= 11 is 0. The minimum atomic E-state index is -0.460. The largest absolute Gasteiger partial charge is 0.370 e. The van der Waals surface area contributed by atoms with Gasteiger partial charge in [0.05, 0.1) is 11.9 Å². The minimum absolute atomic E-state index is 0.456. The zero-order valence-electron chi connectivity index (χ0n) is 7.69. The molecule has 74 valence electrons. The van der Waals surface area contributed by atoms with E-state index in [4.69, 9.17) is 0 Å². The molecule has 2 heterocycles. The second kappa shape index (κ2) is 3.74. The molecule has 0 saturated carbocycles. The van der Waals surface area contributed by atoms with Crippen molar-refractivity contribution < 1.29 is 9.18 Å². The average molecular weight is 194 g/mol. The fraction of sp³-hybridized carbons (Fsp3) is 0.400. The van der Waals surface area contributed by atoms with Gasteiger partial charge in [-0.3, -0.25) is 0 Å². The number of anilines is 1. The van der Waals surface area contributed by atoms with Crippen molar-refractivity contribution in [3.05, 3.63) is 24.3 Å². The highest BCUT2D eigenvalue weighted by molar-refractivity contribution is 5.53. The van der Waals surface area contributed by atoms with Crippen molar-refractivity contribution in [2.75, 3.05) is 18.0 Å². The topological polar surface area (TPSA) is 33.2 Å². The normalized spacial score (nSPS) is 16.5. The number of nitrogens with zero attached hydrogens (tertiary/aromatic N) is 2. The van der Waals surface area contributed by atoms with Crippen molar-refractivity contribution >= 4 is 12.0 Å². The van der Waals surface area contributed by atoms with Crippen LogP contribution in [0.25, 0.3) is 0 Å². The molecule has 1 fully saturated rings. The van der Waals surface area contributed by atoms with Gasteiger partial charge in [0.25, 0.3) is 0 Å². The van der Waals surface area contributed by atoms with Crippen LogP contribution in [0.5, 0.6) is 0 Å². The lowest BCUT2D eigenvalue weighted by Gasteiger charge is -2.40. The first-order valence-electron chi connectivity index (χ1n) is 4.59. The molecule has 3 nitrogen and oxygen atoms in total. The lowest BCUT2D eigenvalue weighted by Crippen LogP contribution is -2.46. The second-order valence-electron chi connectivity index (χ2n) is 3.51. The van der Waals surface area contributed by atoms with Gasteiger partial charge in [0.1, 0.15) is 6.29 Å². The van der Waals surface area contributed by atoms with E-state index in [1.54, 1.807) is 6.07 Å². The van der Waals surface area contributed by atoms with Crippen molar-refractivity contribution in [2.24, 2.45) is 5.92 Å². The van der Waals surface area contributed by atoms with Gasteiger partial charge in [0, 0.05) is 25.4 Å². The van der Waals surface area contributed by atoms with Gasteiger partial charge in [-0.15, -0.1) is 0 Å². The van der Waals surface area contributed by atoms with Gasteiger partial charge in [-0.05, 0) is 12.1 Å². The molecule has 0 aliphatic carbocycles. The van der Waals surface area contributed by atoms with E-state index in [-0.39, 0.29) is 0 Å². The molecule has 4 heteroatoms. The summed E-state index contributed by atoms with van der Waals surface area (Å²) in [5, 5.41) is 0. The van der Waals surface area contributed by atoms with Gasteiger partial charge in [0.2, 0.25) is 5.95 Å². The summed E-state index contributed by atoms with van der Waals surface area (Å²) in [4.78, 5) is 15.9. The third kappa shape index (κ3) is 1.73. The lowest BCUT2D eigenvalue weighted by atomic mass is 9.97. The maximum absolute atomic E-state index is 12.5. The summed E-state index contributed by atoms with van der Waals surface area (Å²) in [6, 6.07) is 3.06. The summed E-state index contributed by atoms with van der Waals surface area (Å²) < 4.78 is 12.5. The molecular weight excluding hydrogens is 183 g/mol. The van der Waals surface area contributed by atoms with E-state index >= 15 is 0 Å². The molecule has 2 rings (SSSR count). The zero-order valence-corrected chi connectivity index (χ0v) is 7.69. The molecule has 14 heavy (non-hydrogen) atoms. The van der Waals surface area contributed by atoms with Crippen molar-refractivity contribution in [1.29, 1.82) is 0 Å². The number of hydrogen-bond acceptors (Lipinski definition) is 3. The lowest BCUT2D eigenvalue weighted by molar-refractivity contribution is -0.108. The van der Waals surface area contributed by atoms with Crippen LogP contribution in [0.1, 0.15) is 6.42 Å². The molecule has 0 spiro atoms. The monoisotopic (exact) mass is 194 g/mol. The first kappa shape index (κ1) is 9.12. The van der Waals surface area contributed by atoms with Crippen LogP contribution < -0.4 is 4.90 Å². The Kier molecular flexibility index (Phi) is 2.43. The Balaban J connectivity index is 1.93. The number of carbonyl (C=O) groups is 1. The minimum Gasteiger partial charge on any atom is -0.370 e. The van der Waals surface area contributed by atoms with Crippen LogP contribution in [-0.4, -0.2) is 24.4 Å². The van der Waals surface area contributed by atoms with E-state index in [9.17, 15) is 9.18 Å². The van der Waals surface area contributed by atoms with Gasteiger partial charge < -0.3 is 9.69 Å². The van der Waals surface area contributed by atoms with Gasteiger partial charge >= 0.3 is 0 Å². The molecule has 1 aromatic heterocycles. The molecule has 0 N–H and O–H groups in total.